The molecule has 110 valence electrons. The quantitative estimate of drug-likeness (QED) is 0.866. The highest BCUT2D eigenvalue weighted by atomic mass is 32.1. The molecular weight excluding hydrogens is 280 g/mol. The Morgan fingerprint density at radius 2 is 1.90 bits per heavy atom. The van der Waals surface area contributed by atoms with E-state index < -0.39 is 0 Å². The van der Waals surface area contributed by atoms with E-state index in [0.29, 0.717) is 16.3 Å². The third kappa shape index (κ3) is 3.58. The van der Waals surface area contributed by atoms with Crippen molar-refractivity contribution in [2.45, 2.75) is 33.1 Å². The first kappa shape index (κ1) is 15.4. The van der Waals surface area contributed by atoms with Crippen molar-refractivity contribution < 1.29 is 4.74 Å². The van der Waals surface area contributed by atoms with Crippen molar-refractivity contribution >= 4 is 17.2 Å². The summed E-state index contributed by atoms with van der Waals surface area (Å²) >= 11 is 5.04. The Morgan fingerprint density at radius 1 is 1.19 bits per heavy atom. The predicted molar refractivity (Wildman–Crippen MR) is 90.1 cm³/mol. The zero-order valence-corrected chi connectivity index (χ0v) is 13.6. The Labute approximate surface area is 131 Å². The maximum Gasteiger partial charge on any atom is 0.155 e. The van der Waals surface area contributed by atoms with Gasteiger partial charge in [-0.3, -0.25) is 4.98 Å². The molecule has 0 radical (unpaired) electrons. The normalized spacial score (nSPS) is 11.2. The number of hydrogen-bond donors (Lipinski definition) is 1. The van der Waals surface area contributed by atoms with E-state index in [1.54, 1.807) is 18.5 Å². The van der Waals surface area contributed by atoms with Crippen molar-refractivity contribution in [3.63, 3.8) is 0 Å². The molecule has 0 spiro atoms. The summed E-state index contributed by atoms with van der Waals surface area (Å²) in [5.41, 5.74) is 8.86. The van der Waals surface area contributed by atoms with Gasteiger partial charge in [0.1, 0.15) is 10.7 Å². The highest BCUT2D eigenvalue weighted by Crippen LogP contribution is 2.31. The van der Waals surface area contributed by atoms with E-state index >= 15 is 0 Å². The van der Waals surface area contributed by atoms with Gasteiger partial charge in [-0.1, -0.05) is 45.1 Å². The second kappa shape index (κ2) is 5.82. The molecule has 3 nitrogen and oxygen atoms in total. The number of aryl methyl sites for hydroxylation is 1. The van der Waals surface area contributed by atoms with E-state index in [4.69, 9.17) is 22.7 Å². The fraction of sp³-hybridized carbons (Fsp3) is 0.294. The summed E-state index contributed by atoms with van der Waals surface area (Å²) in [6, 6.07) is 7.97. The highest BCUT2D eigenvalue weighted by molar-refractivity contribution is 7.80. The molecule has 0 fully saturated rings. The molecule has 0 aliphatic rings. The summed E-state index contributed by atoms with van der Waals surface area (Å²) in [6.07, 6.45) is 3.28. The first-order valence-corrected chi connectivity index (χ1v) is 7.22. The second-order valence-electron chi connectivity index (χ2n) is 6.07. The number of thiocarbonyl (C=S) groups is 1. The number of rotatable bonds is 3. The van der Waals surface area contributed by atoms with E-state index in [-0.39, 0.29) is 5.41 Å². The van der Waals surface area contributed by atoms with Crippen LogP contribution in [0.2, 0.25) is 0 Å². The molecule has 1 aromatic heterocycles. The summed E-state index contributed by atoms with van der Waals surface area (Å²) in [5, 5.41) is 0. The van der Waals surface area contributed by atoms with Crippen LogP contribution in [0.15, 0.2) is 36.7 Å². The Kier molecular flexibility index (Phi) is 4.28. The van der Waals surface area contributed by atoms with E-state index in [0.717, 1.165) is 11.3 Å². The molecule has 2 aromatic rings. The van der Waals surface area contributed by atoms with Crippen molar-refractivity contribution in [1.82, 2.24) is 4.98 Å². The fourth-order valence-electron chi connectivity index (χ4n) is 2.01. The van der Waals surface area contributed by atoms with Crippen molar-refractivity contribution in [2.24, 2.45) is 5.73 Å². The van der Waals surface area contributed by atoms with Gasteiger partial charge in [0, 0.05) is 6.20 Å². The van der Waals surface area contributed by atoms with E-state index in [2.05, 4.69) is 37.9 Å². The van der Waals surface area contributed by atoms with Gasteiger partial charge in [-0.2, -0.15) is 0 Å². The summed E-state index contributed by atoms with van der Waals surface area (Å²) in [6.45, 7) is 8.60. The van der Waals surface area contributed by atoms with Crippen LogP contribution in [0.4, 0.5) is 0 Å². The van der Waals surface area contributed by atoms with Crippen LogP contribution in [0.3, 0.4) is 0 Å². The SMILES string of the molecule is Cc1cc(C(C)(C)C)ccc1Oc1cnccc1C(N)=S. The molecule has 0 atom stereocenters. The zero-order valence-electron chi connectivity index (χ0n) is 12.8. The third-order valence-corrected chi connectivity index (χ3v) is 3.53. The van der Waals surface area contributed by atoms with Gasteiger partial charge in [-0.15, -0.1) is 0 Å². The van der Waals surface area contributed by atoms with Crippen LogP contribution < -0.4 is 10.5 Å². The lowest BCUT2D eigenvalue weighted by Crippen LogP contribution is -2.12. The summed E-state index contributed by atoms with van der Waals surface area (Å²) < 4.78 is 5.94. The van der Waals surface area contributed by atoms with Gasteiger partial charge in [0.25, 0.3) is 0 Å². The maximum absolute atomic E-state index is 5.94. The Bertz CT molecular complexity index is 675. The fourth-order valence-corrected chi connectivity index (χ4v) is 2.18. The van der Waals surface area contributed by atoms with Gasteiger partial charge in [-0.05, 0) is 35.6 Å². The molecule has 0 unspecified atom stereocenters. The first-order valence-electron chi connectivity index (χ1n) is 6.82. The standard InChI is InChI=1S/C17H20N2OS/c1-11-9-12(17(2,3)4)5-6-14(11)20-15-10-19-8-7-13(15)16(18)21/h5-10H,1-4H3,(H2,18,21). The van der Waals surface area contributed by atoms with Crippen LogP contribution in [0.1, 0.15) is 37.5 Å². The van der Waals surface area contributed by atoms with Crippen LogP contribution in [-0.4, -0.2) is 9.97 Å². The van der Waals surface area contributed by atoms with Crippen LogP contribution in [-0.2, 0) is 5.41 Å². The molecule has 4 heteroatoms. The Hall–Kier alpha value is -1.94. The Balaban J connectivity index is 2.35. The van der Waals surface area contributed by atoms with Gasteiger partial charge in [-0.25, -0.2) is 0 Å². The summed E-state index contributed by atoms with van der Waals surface area (Å²) in [5.74, 6) is 1.37. The molecule has 0 bridgehead atoms. The number of benzene rings is 1. The zero-order chi connectivity index (χ0) is 15.6. The topological polar surface area (TPSA) is 48.1 Å². The van der Waals surface area contributed by atoms with Gasteiger partial charge in [0.15, 0.2) is 5.75 Å². The molecule has 0 saturated carbocycles. The number of nitrogens with zero attached hydrogens (tertiary/aromatic N) is 1. The van der Waals surface area contributed by atoms with Crippen LogP contribution >= 0.6 is 12.2 Å². The molecule has 0 aliphatic carbocycles. The van der Waals surface area contributed by atoms with Crippen molar-refractivity contribution in [1.29, 1.82) is 0 Å². The number of pyridine rings is 1. The molecule has 2 rings (SSSR count). The van der Waals surface area contributed by atoms with E-state index in [1.165, 1.54) is 5.56 Å². The average molecular weight is 300 g/mol. The molecule has 0 aliphatic heterocycles. The molecule has 1 heterocycles. The minimum absolute atomic E-state index is 0.113. The van der Waals surface area contributed by atoms with Gasteiger partial charge in [0.05, 0.1) is 11.8 Å². The molecule has 0 saturated heterocycles. The molecule has 0 amide bonds. The Morgan fingerprint density at radius 3 is 2.48 bits per heavy atom. The van der Waals surface area contributed by atoms with E-state index in [1.807, 2.05) is 13.0 Å². The van der Waals surface area contributed by atoms with Gasteiger partial charge < -0.3 is 10.5 Å². The smallest absolute Gasteiger partial charge is 0.155 e. The largest absolute Gasteiger partial charge is 0.455 e. The average Bonchev–Trinajstić information content (AvgIpc) is 2.40. The predicted octanol–water partition coefficient (Wildman–Crippen LogP) is 4.11. The molecule has 2 N–H and O–H groups in total. The summed E-state index contributed by atoms with van der Waals surface area (Å²) in [4.78, 5) is 4.37. The maximum atomic E-state index is 5.94. The van der Waals surface area contributed by atoms with Crippen LogP contribution in [0.25, 0.3) is 0 Å². The minimum Gasteiger partial charge on any atom is -0.455 e. The lowest BCUT2D eigenvalue weighted by Gasteiger charge is -2.20. The van der Waals surface area contributed by atoms with Gasteiger partial charge in [0.2, 0.25) is 0 Å². The number of nitrogens with two attached hydrogens (primary N) is 1. The third-order valence-electron chi connectivity index (χ3n) is 3.31. The molecule has 1 aromatic carbocycles. The van der Waals surface area contributed by atoms with Crippen molar-refractivity contribution in [3.8, 4) is 11.5 Å². The number of hydrogen-bond acceptors (Lipinski definition) is 3. The van der Waals surface area contributed by atoms with Crippen molar-refractivity contribution in [3.05, 3.63) is 53.3 Å². The van der Waals surface area contributed by atoms with Crippen molar-refractivity contribution in [2.75, 3.05) is 0 Å². The monoisotopic (exact) mass is 300 g/mol. The second-order valence-corrected chi connectivity index (χ2v) is 6.51. The first-order chi connectivity index (χ1) is 9.79. The number of aromatic nitrogens is 1. The highest BCUT2D eigenvalue weighted by Gasteiger charge is 2.15. The van der Waals surface area contributed by atoms with Crippen LogP contribution in [0, 0.1) is 6.92 Å². The van der Waals surface area contributed by atoms with E-state index in [9.17, 15) is 0 Å². The lowest BCUT2D eigenvalue weighted by atomic mass is 9.86. The minimum atomic E-state index is 0.113. The van der Waals surface area contributed by atoms with Gasteiger partial charge >= 0.3 is 0 Å². The number of ether oxygens (including phenoxy) is 1. The summed E-state index contributed by atoms with van der Waals surface area (Å²) in [7, 11) is 0. The van der Waals surface area contributed by atoms with Crippen LogP contribution in [0.5, 0.6) is 11.5 Å². The lowest BCUT2D eigenvalue weighted by molar-refractivity contribution is 0.474. The molecule has 21 heavy (non-hydrogen) atoms. The molecular formula is C17H20N2OS.